The van der Waals surface area contributed by atoms with Gasteiger partial charge in [-0.15, -0.1) is 0 Å². The molecule has 0 aliphatic rings. The van der Waals surface area contributed by atoms with Crippen LogP contribution in [0.25, 0.3) is 0 Å². The number of allylic oxidation sites excluding steroid dienone is 4. The third kappa shape index (κ3) is 7.60. The van der Waals surface area contributed by atoms with Crippen LogP contribution < -0.4 is 0 Å². The molecule has 0 nitrogen and oxygen atoms in total. The van der Waals surface area contributed by atoms with Crippen LogP contribution in [0.1, 0.15) is 26.2 Å². The molecule has 0 saturated heterocycles. The average molecular weight is 215 g/mol. The Morgan fingerprint density at radius 1 is 1.36 bits per heavy atom. The van der Waals surface area contributed by atoms with E-state index in [2.05, 4.69) is 36.0 Å². The molecule has 0 aromatic rings. The van der Waals surface area contributed by atoms with Gasteiger partial charge in [0.25, 0.3) is 0 Å². The minimum atomic E-state index is 0.898. The second kappa shape index (κ2) is 6.41. The van der Waals surface area contributed by atoms with Crippen molar-refractivity contribution < 1.29 is 0 Å². The summed E-state index contributed by atoms with van der Waals surface area (Å²) in [5.41, 5.74) is 1.17. The summed E-state index contributed by atoms with van der Waals surface area (Å²) in [4.78, 5) is 0. The summed E-state index contributed by atoms with van der Waals surface area (Å²) in [6.45, 7) is 9.79. The number of hydrogen-bond acceptors (Lipinski definition) is 0. The molecule has 0 rings (SSSR count). The number of unbranched alkanes of at least 4 members (excludes halogenated alkanes) is 1. The largest absolute Gasteiger partial charge is 0.0958 e. The number of halogens is 1. The van der Waals surface area contributed by atoms with Crippen LogP contribution in [-0.2, 0) is 0 Å². The molecule has 62 valence electrons. The van der Waals surface area contributed by atoms with E-state index >= 15 is 0 Å². The first-order chi connectivity index (χ1) is 5.16. The van der Waals surface area contributed by atoms with Crippen LogP contribution in [0.5, 0.6) is 0 Å². The highest BCUT2D eigenvalue weighted by atomic mass is 79.9. The molecule has 0 fully saturated rings. The standard InChI is InChI=1S/C10H15Br/c1-4-5-6-9(2)7-8-10(3)11/h7-8H,2-6H2,1H3/b8-7-. The molecule has 0 aliphatic carbocycles. The van der Waals surface area contributed by atoms with Crippen LogP contribution >= 0.6 is 15.9 Å². The van der Waals surface area contributed by atoms with Gasteiger partial charge in [-0.05, 0) is 18.9 Å². The molecule has 0 spiro atoms. The Morgan fingerprint density at radius 2 is 2.00 bits per heavy atom. The molecule has 0 atom stereocenters. The topological polar surface area (TPSA) is 0 Å². The zero-order chi connectivity index (χ0) is 8.69. The lowest BCUT2D eigenvalue weighted by atomic mass is 10.1. The molecular weight excluding hydrogens is 200 g/mol. The Balaban J connectivity index is 3.60. The van der Waals surface area contributed by atoms with Crippen molar-refractivity contribution in [3.05, 3.63) is 35.4 Å². The molecule has 0 N–H and O–H groups in total. The van der Waals surface area contributed by atoms with Gasteiger partial charge in [0.2, 0.25) is 0 Å². The van der Waals surface area contributed by atoms with E-state index in [1.807, 2.05) is 12.2 Å². The fourth-order valence-electron chi connectivity index (χ4n) is 0.695. The summed E-state index contributed by atoms with van der Waals surface area (Å²) in [5, 5.41) is 0. The maximum atomic E-state index is 3.92. The monoisotopic (exact) mass is 214 g/mol. The summed E-state index contributed by atoms with van der Waals surface area (Å²) in [7, 11) is 0. The second-order valence-electron chi connectivity index (χ2n) is 2.54. The summed E-state index contributed by atoms with van der Waals surface area (Å²) in [6.07, 6.45) is 7.47. The van der Waals surface area contributed by atoms with Crippen molar-refractivity contribution in [1.82, 2.24) is 0 Å². The van der Waals surface area contributed by atoms with Gasteiger partial charge in [0.1, 0.15) is 0 Å². The van der Waals surface area contributed by atoms with Gasteiger partial charge in [0.05, 0.1) is 0 Å². The van der Waals surface area contributed by atoms with Crippen molar-refractivity contribution in [2.75, 3.05) is 0 Å². The van der Waals surface area contributed by atoms with Crippen molar-refractivity contribution >= 4 is 15.9 Å². The summed E-state index contributed by atoms with van der Waals surface area (Å²) < 4.78 is 0.898. The van der Waals surface area contributed by atoms with Gasteiger partial charge < -0.3 is 0 Å². The third-order valence-electron chi connectivity index (χ3n) is 1.35. The molecular formula is C10H15Br. The fourth-order valence-corrected chi connectivity index (χ4v) is 0.828. The Labute approximate surface area is 77.8 Å². The molecule has 0 aromatic carbocycles. The minimum absolute atomic E-state index is 0.898. The summed E-state index contributed by atoms with van der Waals surface area (Å²) >= 11 is 3.25. The Hall–Kier alpha value is -0.300. The molecule has 0 heterocycles. The van der Waals surface area contributed by atoms with Gasteiger partial charge in [-0.3, -0.25) is 0 Å². The first-order valence-electron chi connectivity index (χ1n) is 3.87. The highest BCUT2D eigenvalue weighted by molar-refractivity contribution is 9.11. The molecule has 0 aliphatic heterocycles. The average Bonchev–Trinajstić information content (AvgIpc) is 1.97. The quantitative estimate of drug-likeness (QED) is 0.603. The highest BCUT2D eigenvalue weighted by Crippen LogP contribution is 2.09. The van der Waals surface area contributed by atoms with Crippen LogP contribution in [0.4, 0.5) is 0 Å². The SMILES string of the molecule is C=C(Br)/C=C\C(=C)CCCC. The first-order valence-corrected chi connectivity index (χ1v) is 4.66. The molecule has 0 radical (unpaired) electrons. The van der Waals surface area contributed by atoms with E-state index in [1.165, 1.54) is 18.4 Å². The van der Waals surface area contributed by atoms with E-state index in [4.69, 9.17) is 0 Å². The van der Waals surface area contributed by atoms with Gasteiger partial charge in [-0.1, -0.05) is 54.1 Å². The van der Waals surface area contributed by atoms with E-state index < -0.39 is 0 Å². The molecule has 0 saturated carbocycles. The maximum absolute atomic E-state index is 3.92. The van der Waals surface area contributed by atoms with E-state index in [0.29, 0.717) is 0 Å². The van der Waals surface area contributed by atoms with Crippen molar-refractivity contribution in [2.24, 2.45) is 0 Å². The van der Waals surface area contributed by atoms with Crippen LogP contribution in [-0.4, -0.2) is 0 Å². The van der Waals surface area contributed by atoms with Gasteiger partial charge >= 0.3 is 0 Å². The molecule has 1 heteroatoms. The van der Waals surface area contributed by atoms with Crippen molar-refractivity contribution in [3.8, 4) is 0 Å². The van der Waals surface area contributed by atoms with E-state index in [9.17, 15) is 0 Å². The Morgan fingerprint density at radius 3 is 2.45 bits per heavy atom. The number of hydrogen-bond donors (Lipinski definition) is 0. The molecule has 0 aromatic heterocycles. The zero-order valence-corrected chi connectivity index (χ0v) is 8.65. The highest BCUT2D eigenvalue weighted by Gasteiger charge is 1.87. The zero-order valence-electron chi connectivity index (χ0n) is 7.07. The predicted octanol–water partition coefficient (Wildman–Crippen LogP) is 4.20. The van der Waals surface area contributed by atoms with Crippen molar-refractivity contribution in [2.45, 2.75) is 26.2 Å². The smallest absolute Gasteiger partial charge is 0.0103 e. The van der Waals surface area contributed by atoms with Crippen molar-refractivity contribution in [1.29, 1.82) is 0 Å². The number of rotatable bonds is 5. The van der Waals surface area contributed by atoms with Crippen LogP contribution in [0.2, 0.25) is 0 Å². The lowest BCUT2D eigenvalue weighted by molar-refractivity contribution is 0.799. The molecule has 0 amide bonds. The normalized spacial score (nSPS) is 10.4. The van der Waals surface area contributed by atoms with E-state index in [-0.39, 0.29) is 0 Å². The van der Waals surface area contributed by atoms with Crippen LogP contribution in [0.3, 0.4) is 0 Å². The third-order valence-corrected chi connectivity index (χ3v) is 1.62. The lowest BCUT2D eigenvalue weighted by Crippen LogP contribution is -1.75. The lowest BCUT2D eigenvalue weighted by Gasteiger charge is -1.95. The van der Waals surface area contributed by atoms with E-state index in [1.54, 1.807) is 0 Å². The van der Waals surface area contributed by atoms with Crippen molar-refractivity contribution in [3.63, 3.8) is 0 Å². The minimum Gasteiger partial charge on any atom is -0.0958 e. The Bertz CT molecular complexity index is 166. The van der Waals surface area contributed by atoms with E-state index in [0.717, 1.165) is 10.9 Å². The second-order valence-corrected chi connectivity index (χ2v) is 3.56. The van der Waals surface area contributed by atoms with Crippen LogP contribution in [0.15, 0.2) is 35.4 Å². The summed E-state index contributed by atoms with van der Waals surface area (Å²) in [6, 6.07) is 0. The molecule has 0 bridgehead atoms. The van der Waals surface area contributed by atoms with Gasteiger partial charge in [0.15, 0.2) is 0 Å². The molecule has 0 unspecified atom stereocenters. The Kier molecular flexibility index (Phi) is 6.24. The maximum Gasteiger partial charge on any atom is 0.0103 e. The molecule has 11 heavy (non-hydrogen) atoms. The summed E-state index contributed by atoms with van der Waals surface area (Å²) in [5.74, 6) is 0. The fraction of sp³-hybridized carbons (Fsp3) is 0.400. The van der Waals surface area contributed by atoms with Gasteiger partial charge in [-0.25, -0.2) is 0 Å². The predicted molar refractivity (Wildman–Crippen MR) is 55.9 cm³/mol. The van der Waals surface area contributed by atoms with Crippen LogP contribution in [0, 0.1) is 0 Å². The van der Waals surface area contributed by atoms with Gasteiger partial charge in [0, 0.05) is 4.48 Å². The van der Waals surface area contributed by atoms with Gasteiger partial charge in [-0.2, -0.15) is 0 Å². The first kappa shape index (κ1) is 10.7.